The van der Waals surface area contributed by atoms with E-state index in [9.17, 15) is 43.9 Å². The first-order valence-corrected chi connectivity index (χ1v) is 3.74. The van der Waals surface area contributed by atoms with Gasteiger partial charge in [-0.15, -0.1) is 0 Å². The summed E-state index contributed by atoms with van der Waals surface area (Å²) in [5.41, 5.74) is 0. The van der Waals surface area contributed by atoms with Crippen LogP contribution in [0.1, 0.15) is 0 Å². The van der Waals surface area contributed by atoms with Gasteiger partial charge in [-0.05, 0) is 7.05 Å². The van der Waals surface area contributed by atoms with Gasteiger partial charge in [0.15, 0.2) is 0 Å². The molecule has 0 spiro atoms. The minimum atomic E-state index is -6.95. The molecule has 0 aromatic rings. The fourth-order valence-electron chi connectivity index (χ4n) is 0.810. The molecule has 0 saturated heterocycles. The van der Waals surface area contributed by atoms with Crippen LogP contribution in [0.3, 0.4) is 0 Å². The normalized spacial score (nSPS) is 18.4. The Morgan fingerprint density at radius 2 is 1.12 bits per heavy atom. The zero-order valence-electron chi connectivity index (χ0n) is 7.86. The van der Waals surface area contributed by atoms with Gasteiger partial charge in [-0.1, -0.05) is 0 Å². The summed E-state index contributed by atoms with van der Waals surface area (Å²) in [5, 5.41) is 0.450. The minimum Gasteiger partial charge on any atom is -0.278 e. The van der Waals surface area contributed by atoms with E-state index in [-0.39, 0.29) is 7.05 Å². The van der Waals surface area contributed by atoms with Gasteiger partial charge >= 0.3 is 18.0 Å². The van der Waals surface area contributed by atoms with Gasteiger partial charge in [-0.2, -0.15) is 30.7 Å². The lowest BCUT2D eigenvalue weighted by Crippen LogP contribution is -2.69. The van der Waals surface area contributed by atoms with Crippen LogP contribution >= 0.6 is 0 Å². The second-order valence-corrected chi connectivity index (χ2v) is 2.91. The molecule has 1 N–H and O–H groups in total. The van der Waals surface area contributed by atoms with Crippen molar-refractivity contribution in [2.24, 2.45) is 0 Å². The topological polar surface area (TPSA) is 12.0 Å². The van der Waals surface area contributed by atoms with E-state index in [0.29, 0.717) is 5.32 Å². The van der Waals surface area contributed by atoms with Crippen LogP contribution in [-0.4, -0.2) is 37.3 Å². The highest BCUT2D eigenvalue weighted by Gasteiger charge is 2.82. The van der Waals surface area contributed by atoms with Crippen LogP contribution in [0.25, 0.3) is 0 Å². The molecule has 11 heteroatoms. The molecule has 0 aliphatic heterocycles. The van der Waals surface area contributed by atoms with Gasteiger partial charge in [0.2, 0.25) is 0 Å². The molecule has 0 aromatic heterocycles. The Kier molecular flexibility index (Phi) is 3.99. The Labute approximate surface area is 87.8 Å². The van der Waals surface area contributed by atoms with Crippen molar-refractivity contribution in [3.05, 3.63) is 0 Å². The maximum atomic E-state index is 12.9. The zero-order valence-corrected chi connectivity index (χ0v) is 7.86. The van der Waals surface area contributed by atoms with Crippen molar-refractivity contribution in [1.82, 2.24) is 5.32 Å². The van der Waals surface area contributed by atoms with Crippen LogP contribution in [0, 0.1) is 0 Å². The maximum absolute atomic E-state index is 12.9. The first-order chi connectivity index (χ1) is 7.25. The van der Waals surface area contributed by atoms with Gasteiger partial charge < -0.3 is 0 Å². The van der Waals surface area contributed by atoms with Crippen molar-refractivity contribution in [3.8, 4) is 0 Å². The highest BCUT2D eigenvalue weighted by atomic mass is 19.4. The van der Waals surface area contributed by atoms with Crippen LogP contribution in [0.4, 0.5) is 43.9 Å². The first-order valence-electron chi connectivity index (χ1n) is 3.74. The third-order valence-electron chi connectivity index (χ3n) is 1.87. The summed E-state index contributed by atoms with van der Waals surface area (Å²) in [7, 11) is 0.0620. The van der Waals surface area contributed by atoms with E-state index in [0.717, 1.165) is 0 Å². The lowest BCUT2D eigenvalue weighted by molar-refractivity contribution is -0.392. The van der Waals surface area contributed by atoms with Crippen LogP contribution in [0.2, 0.25) is 0 Å². The van der Waals surface area contributed by atoms with Crippen molar-refractivity contribution in [2.45, 2.75) is 30.2 Å². The molecule has 0 aliphatic rings. The first kappa shape index (κ1) is 16.3. The largest absolute Gasteiger partial charge is 0.460 e. The van der Waals surface area contributed by atoms with E-state index in [2.05, 4.69) is 0 Å². The van der Waals surface area contributed by atoms with E-state index >= 15 is 0 Å². The van der Waals surface area contributed by atoms with Gasteiger partial charge in [0, 0.05) is 0 Å². The van der Waals surface area contributed by atoms with E-state index in [1.807, 2.05) is 0 Å². The lowest BCUT2D eigenvalue weighted by atomic mass is 10.0. The van der Waals surface area contributed by atoms with Crippen LogP contribution in [0.15, 0.2) is 0 Å². The Morgan fingerprint density at radius 1 is 0.765 bits per heavy atom. The average Bonchev–Trinajstić information content (AvgIpc) is 2.13. The number of nitrogens with one attached hydrogen (secondary N) is 1. The third-order valence-corrected chi connectivity index (χ3v) is 1.87. The second-order valence-electron chi connectivity index (χ2n) is 2.91. The number of alkyl halides is 10. The van der Waals surface area contributed by atoms with Crippen molar-refractivity contribution >= 4 is 0 Å². The molecule has 1 atom stereocenters. The summed E-state index contributed by atoms with van der Waals surface area (Å²) >= 11 is 0. The molecule has 0 aromatic carbocycles. The average molecular weight is 281 g/mol. The summed E-state index contributed by atoms with van der Waals surface area (Å²) in [4.78, 5) is 0. The van der Waals surface area contributed by atoms with Crippen molar-refractivity contribution in [1.29, 1.82) is 0 Å². The molecule has 1 unspecified atom stereocenters. The number of halogens is 10. The number of rotatable bonds is 4. The quantitative estimate of drug-likeness (QED) is 0.617. The summed E-state index contributed by atoms with van der Waals surface area (Å²) in [6, 6.07) is 0. The predicted molar refractivity (Wildman–Crippen MR) is 34.9 cm³/mol. The molecular weight excluding hydrogens is 276 g/mol. The van der Waals surface area contributed by atoms with Gasteiger partial charge in [0.25, 0.3) is 12.2 Å². The molecule has 0 fully saturated rings. The number of hydrogen-bond donors (Lipinski definition) is 1. The lowest BCUT2D eigenvalue weighted by Gasteiger charge is -2.37. The molecule has 0 aliphatic carbocycles. The Balaban J connectivity index is 5.69. The van der Waals surface area contributed by atoms with Gasteiger partial charge in [0.1, 0.15) is 0 Å². The van der Waals surface area contributed by atoms with E-state index in [4.69, 9.17) is 0 Å². The molecule has 0 amide bonds. The van der Waals surface area contributed by atoms with E-state index in [1.54, 1.807) is 0 Å². The molecule has 0 radical (unpaired) electrons. The molecule has 0 bridgehead atoms. The standard InChI is InChI=1S/C6H5F10N/c1-17-3(9,2(7)8)4(10,11)5(12,13)6(14,15)16/h2,17H,1H3. The monoisotopic (exact) mass is 281 g/mol. The molecule has 1 nitrogen and oxygen atoms in total. The highest BCUT2D eigenvalue weighted by Crippen LogP contribution is 2.52. The summed E-state index contributed by atoms with van der Waals surface area (Å²) < 4.78 is 121. The van der Waals surface area contributed by atoms with Gasteiger partial charge in [-0.3, -0.25) is 5.32 Å². The van der Waals surface area contributed by atoms with Crippen molar-refractivity contribution in [2.75, 3.05) is 7.05 Å². The summed E-state index contributed by atoms with van der Waals surface area (Å²) in [6.45, 7) is 0. The van der Waals surface area contributed by atoms with Crippen molar-refractivity contribution < 1.29 is 43.9 Å². The zero-order chi connectivity index (χ0) is 14.3. The summed E-state index contributed by atoms with van der Waals surface area (Å²) in [5.74, 6) is -19.1. The van der Waals surface area contributed by atoms with Crippen LogP contribution in [-0.2, 0) is 0 Å². The van der Waals surface area contributed by atoms with Crippen LogP contribution < -0.4 is 5.32 Å². The highest BCUT2D eigenvalue weighted by molar-refractivity contribution is 5.04. The van der Waals surface area contributed by atoms with Crippen molar-refractivity contribution in [3.63, 3.8) is 0 Å². The van der Waals surface area contributed by atoms with Gasteiger partial charge in [0.05, 0.1) is 0 Å². The van der Waals surface area contributed by atoms with E-state index in [1.165, 1.54) is 0 Å². The Hall–Kier alpha value is -0.740. The van der Waals surface area contributed by atoms with E-state index < -0.39 is 30.2 Å². The molecule has 0 saturated carbocycles. The smallest absolute Gasteiger partial charge is 0.278 e. The fourth-order valence-corrected chi connectivity index (χ4v) is 0.810. The third kappa shape index (κ3) is 2.16. The molecule has 104 valence electrons. The maximum Gasteiger partial charge on any atom is 0.460 e. The Morgan fingerprint density at radius 3 is 1.29 bits per heavy atom. The Bertz CT molecular complexity index is 264. The second kappa shape index (κ2) is 4.18. The molecule has 0 rings (SSSR count). The molecular formula is C6H5F10N. The minimum absolute atomic E-state index is 0.0620. The predicted octanol–water partition coefficient (Wildman–Crippen LogP) is 2.97. The van der Waals surface area contributed by atoms with Crippen LogP contribution in [0.5, 0.6) is 0 Å². The fraction of sp³-hybridized carbons (Fsp3) is 1.00. The number of hydrogen-bond acceptors (Lipinski definition) is 1. The summed E-state index contributed by atoms with van der Waals surface area (Å²) in [6.07, 6.45) is -11.7. The SMILES string of the molecule is CNC(F)(C(F)F)C(F)(F)C(F)(F)C(F)(F)F. The molecule has 17 heavy (non-hydrogen) atoms. The molecule has 0 heterocycles. The van der Waals surface area contributed by atoms with Gasteiger partial charge in [-0.25, -0.2) is 13.2 Å².